The first kappa shape index (κ1) is 16.9. The van der Waals surface area contributed by atoms with Crippen molar-refractivity contribution in [3.63, 3.8) is 0 Å². The van der Waals surface area contributed by atoms with E-state index in [2.05, 4.69) is 35.1 Å². The van der Waals surface area contributed by atoms with E-state index in [1.54, 1.807) is 0 Å². The molecular weight excluding hydrogens is 336 g/mol. The van der Waals surface area contributed by atoms with E-state index >= 15 is 0 Å². The van der Waals surface area contributed by atoms with Gasteiger partial charge in [-0.2, -0.15) is 0 Å². The average Bonchev–Trinajstić information content (AvgIpc) is 2.67. The van der Waals surface area contributed by atoms with Gasteiger partial charge in [-0.15, -0.1) is 0 Å². The Morgan fingerprint density at radius 2 is 1.90 bits per heavy atom. The second kappa shape index (κ2) is 7.68. The molecule has 2 atom stereocenters. The molecule has 118 valence electrons. The van der Waals surface area contributed by atoms with E-state index in [1.807, 2.05) is 0 Å². The highest BCUT2D eigenvalue weighted by Crippen LogP contribution is 2.40. The molecule has 1 aromatic carbocycles. The van der Waals surface area contributed by atoms with Gasteiger partial charge in [0.25, 0.3) is 0 Å². The van der Waals surface area contributed by atoms with Crippen molar-refractivity contribution in [1.82, 2.24) is 5.32 Å². The van der Waals surface area contributed by atoms with Crippen molar-refractivity contribution < 1.29 is 8.78 Å². The number of nitrogens with one attached hydrogen (secondary N) is 1. The lowest BCUT2D eigenvalue weighted by atomic mass is 9.81. The van der Waals surface area contributed by atoms with Gasteiger partial charge in [0.05, 0.1) is 4.47 Å². The van der Waals surface area contributed by atoms with E-state index in [4.69, 9.17) is 0 Å². The zero-order valence-electron chi connectivity index (χ0n) is 12.8. The van der Waals surface area contributed by atoms with Crippen molar-refractivity contribution in [2.75, 3.05) is 6.54 Å². The molecule has 0 heterocycles. The molecule has 0 spiro atoms. The van der Waals surface area contributed by atoms with Gasteiger partial charge in [0, 0.05) is 11.6 Å². The Bertz CT molecular complexity index is 476. The zero-order chi connectivity index (χ0) is 15.4. The van der Waals surface area contributed by atoms with Gasteiger partial charge >= 0.3 is 0 Å². The number of benzene rings is 1. The third kappa shape index (κ3) is 4.26. The Labute approximate surface area is 134 Å². The van der Waals surface area contributed by atoms with Gasteiger partial charge in [-0.1, -0.05) is 33.1 Å². The third-order valence-electron chi connectivity index (χ3n) is 4.40. The number of hydrogen-bond donors (Lipinski definition) is 1. The monoisotopic (exact) mass is 359 g/mol. The fourth-order valence-electron chi connectivity index (χ4n) is 3.28. The summed E-state index contributed by atoms with van der Waals surface area (Å²) in [6.07, 6.45) is 5.27. The van der Waals surface area contributed by atoms with Crippen molar-refractivity contribution in [2.24, 2.45) is 5.92 Å². The molecule has 1 nitrogen and oxygen atoms in total. The van der Waals surface area contributed by atoms with E-state index in [-0.39, 0.29) is 11.5 Å². The Kier molecular flexibility index (Phi) is 6.18. The maximum Gasteiger partial charge on any atom is 0.143 e. The molecule has 0 saturated heterocycles. The highest BCUT2D eigenvalue weighted by molar-refractivity contribution is 9.10. The van der Waals surface area contributed by atoms with E-state index < -0.39 is 11.6 Å². The molecule has 1 aliphatic carbocycles. The Morgan fingerprint density at radius 3 is 2.62 bits per heavy atom. The van der Waals surface area contributed by atoms with Crippen molar-refractivity contribution >= 4 is 15.9 Å². The summed E-state index contributed by atoms with van der Waals surface area (Å²) in [5, 5.41) is 3.44. The molecule has 1 N–H and O–H groups in total. The van der Waals surface area contributed by atoms with Crippen LogP contribution in [0, 0.1) is 17.6 Å². The van der Waals surface area contributed by atoms with Crippen LogP contribution in [-0.4, -0.2) is 12.6 Å². The maximum atomic E-state index is 14.4. The first-order valence-corrected chi connectivity index (χ1v) is 8.66. The lowest BCUT2D eigenvalue weighted by molar-refractivity contribution is 0.346. The summed E-state index contributed by atoms with van der Waals surface area (Å²) in [4.78, 5) is 0. The highest BCUT2D eigenvalue weighted by atomic mass is 79.9. The van der Waals surface area contributed by atoms with Crippen LogP contribution >= 0.6 is 15.9 Å². The predicted molar refractivity (Wildman–Crippen MR) is 86.5 cm³/mol. The SMILES string of the molecule is CC(C)NCC1CCCCCC1c1c(F)ccc(Br)c1F. The molecule has 2 rings (SSSR count). The Hall–Kier alpha value is -0.480. The molecule has 21 heavy (non-hydrogen) atoms. The van der Waals surface area contributed by atoms with Crippen LogP contribution in [0.1, 0.15) is 57.4 Å². The normalized spacial score (nSPS) is 23.3. The van der Waals surface area contributed by atoms with Crippen LogP contribution in [0.3, 0.4) is 0 Å². The van der Waals surface area contributed by atoms with Crippen LogP contribution < -0.4 is 5.32 Å². The molecule has 0 bridgehead atoms. The molecule has 0 amide bonds. The topological polar surface area (TPSA) is 12.0 Å². The van der Waals surface area contributed by atoms with Crippen LogP contribution in [-0.2, 0) is 0 Å². The van der Waals surface area contributed by atoms with Crippen molar-refractivity contribution in [3.8, 4) is 0 Å². The van der Waals surface area contributed by atoms with Gasteiger partial charge < -0.3 is 5.32 Å². The maximum absolute atomic E-state index is 14.4. The Morgan fingerprint density at radius 1 is 1.19 bits per heavy atom. The second-order valence-electron chi connectivity index (χ2n) is 6.32. The van der Waals surface area contributed by atoms with Crippen molar-refractivity contribution in [3.05, 3.63) is 33.8 Å². The van der Waals surface area contributed by atoms with Gasteiger partial charge in [-0.25, -0.2) is 8.78 Å². The van der Waals surface area contributed by atoms with Crippen LogP contribution in [0.4, 0.5) is 8.78 Å². The molecule has 0 aromatic heterocycles. The van der Waals surface area contributed by atoms with Crippen molar-refractivity contribution in [1.29, 1.82) is 0 Å². The summed E-state index contributed by atoms with van der Waals surface area (Å²) in [5.41, 5.74) is 0.279. The summed E-state index contributed by atoms with van der Waals surface area (Å²) < 4.78 is 29.0. The summed E-state index contributed by atoms with van der Waals surface area (Å²) in [7, 11) is 0. The summed E-state index contributed by atoms with van der Waals surface area (Å²) >= 11 is 3.19. The van der Waals surface area contributed by atoms with Crippen LogP contribution in [0.5, 0.6) is 0 Å². The molecule has 0 radical (unpaired) electrons. The molecular formula is C17H24BrF2N. The number of hydrogen-bond acceptors (Lipinski definition) is 1. The minimum atomic E-state index is -0.420. The third-order valence-corrected chi connectivity index (χ3v) is 5.01. The first-order chi connectivity index (χ1) is 10.0. The van der Waals surface area contributed by atoms with Gasteiger partial charge in [-0.3, -0.25) is 0 Å². The van der Waals surface area contributed by atoms with Crippen LogP contribution in [0.15, 0.2) is 16.6 Å². The summed E-state index contributed by atoms with van der Waals surface area (Å²) in [6.45, 7) is 5.03. The molecule has 1 aliphatic rings. The average molecular weight is 360 g/mol. The largest absolute Gasteiger partial charge is 0.314 e. The fraction of sp³-hybridized carbons (Fsp3) is 0.647. The molecule has 0 aliphatic heterocycles. The highest BCUT2D eigenvalue weighted by Gasteiger charge is 2.30. The first-order valence-electron chi connectivity index (χ1n) is 7.87. The van der Waals surface area contributed by atoms with E-state index in [0.29, 0.717) is 16.4 Å². The molecule has 2 unspecified atom stereocenters. The smallest absolute Gasteiger partial charge is 0.143 e. The lowest BCUT2D eigenvalue weighted by Crippen LogP contribution is -2.32. The quantitative estimate of drug-likeness (QED) is 0.561. The van der Waals surface area contributed by atoms with Crippen LogP contribution in [0.2, 0.25) is 0 Å². The summed E-state index contributed by atoms with van der Waals surface area (Å²) in [6, 6.07) is 3.22. The van der Waals surface area contributed by atoms with Gasteiger partial charge in [0.2, 0.25) is 0 Å². The second-order valence-corrected chi connectivity index (χ2v) is 7.18. The Balaban J connectivity index is 2.30. The molecule has 4 heteroatoms. The standard InChI is InChI=1S/C17H24BrF2N/c1-11(2)21-10-12-6-4-3-5-7-13(12)16-15(19)9-8-14(18)17(16)20/h8-9,11-13,21H,3-7,10H2,1-2H3. The van der Waals surface area contributed by atoms with E-state index in [1.165, 1.54) is 12.1 Å². The van der Waals surface area contributed by atoms with Gasteiger partial charge in [0.1, 0.15) is 11.6 Å². The zero-order valence-corrected chi connectivity index (χ0v) is 14.3. The lowest BCUT2D eigenvalue weighted by Gasteiger charge is -2.27. The van der Waals surface area contributed by atoms with Gasteiger partial charge in [0.15, 0.2) is 0 Å². The minimum absolute atomic E-state index is 0.0313. The number of halogens is 3. The van der Waals surface area contributed by atoms with E-state index in [9.17, 15) is 8.78 Å². The minimum Gasteiger partial charge on any atom is -0.314 e. The van der Waals surface area contributed by atoms with E-state index in [0.717, 1.165) is 38.6 Å². The summed E-state index contributed by atoms with van der Waals surface area (Å²) in [5.74, 6) is -0.557. The number of rotatable bonds is 4. The van der Waals surface area contributed by atoms with Gasteiger partial charge in [-0.05, 0) is 59.3 Å². The fourth-order valence-corrected chi connectivity index (χ4v) is 3.62. The molecule has 1 saturated carbocycles. The predicted octanol–water partition coefficient (Wildman–Crippen LogP) is 5.39. The molecule has 1 fully saturated rings. The molecule has 1 aromatic rings. The van der Waals surface area contributed by atoms with Crippen LogP contribution in [0.25, 0.3) is 0 Å². The van der Waals surface area contributed by atoms with Crippen molar-refractivity contribution in [2.45, 2.75) is 57.9 Å².